The lowest BCUT2D eigenvalue weighted by Crippen LogP contribution is -2.15. The molecule has 0 aliphatic heterocycles. The first-order valence-corrected chi connectivity index (χ1v) is 9.58. The molecule has 1 aromatic carbocycles. The Hall–Kier alpha value is -3.27. The molecule has 10 heteroatoms. The van der Waals surface area contributed by atoms with Crippen molar-refractivity contribution in [3.05, 3.63) is 58.9 Å². The molecule has 0 saturated heterocycles. The summed E-state index contributed by atoms with van der Waals surface area (Å²) in [6.45, 7) is 2.75. The van der Waals surface area contributed by atoms with E-state index in [1.54, 1.807) is 24.5 Å². The van der Waals surface area contributed by atoms with Crippen LogP contribution in [-0.4, -0.2) is 36.3 Å². The number of rotatable bonds is 8. The van der Waals surface area contributed by atoms with Crippen molar-refractivity contribution in [3.63, 3.8) is 0 Å². The maximum absolute atomic E-state index is 12.3. The monoisotopic (exact) mass is 398 g/mol. The number of carbonyl (C=O) groups excluding carboxylic acids is 1. The highest BCUT2D eigenvalue weighted by atomic mass is 32.2. The fourth-order valence-corrected chi connectivity index (χ4v) is 3.35. The number of nitro groups is 1. The van der Waals surface area contributed by atoms with Crippen LogP contribution in [0.15, 0.2) is 53.9 Å². The molecule has 28 heavy (non-hydrogen) atoms. The molecule has 2 aromatic heterocycles. The minimum Gasteiger partial charge on any atom is -0.320 e. The van der Waals surface area contributed by atoms with E-state index in [2.05, 4.69) is 20.5 Å². The standard InChI is InChI=1S/C18H18N6O3S/c1-2-11-23-17(13-7-9-19-10-8-13)21-22-18(23)28-12-16(25)20-14-5-3-4-6-15(14)24(26)27/h3-10H,2,11-12H2,1H3,(H,20,25). The highest BCUT2D eigenvalue weighted by molar-refractivity contribution is 7.99. The van der Waals surface area contributed by atoms with Gasteiger partial charge >= 0.3 is 0 Å². The van der Waals surface area contributed by atoms with E-state index in [0.29, 0.717) is 17.5 Å². The summed E-state index contributed by atoms with van der Waals surface area (Å²) in [4.78, 5) is 26.8. The molecule has 1 N–H and O–H groups in total. The van der Waals surface area contributed by atoms with Crippen molar-refractivity contribution in [2.75, 3.05) is 11.1 Å². The SMILES string of the molecule is CCCn1c(SCC(=O)Nc2ccccc2[N+](=O)[O-])nnc1-c1ccncc1. The largest absolute Gasteiger partial charge is 0.320 e. The Kier molecular flexibility index (Phi) is 6.33. The molecule has 1 amide bonds. The number of nitrogens with zero attached hydrogens (tertiary/aromatic N) is 5. The van der Waals surface area contributed by atoms with Gasteiger partial charge in [0.05, 0.1) is 10.7 Å². The Bertz CT molecular complexity index is 976. The lowest BCUT2D eigenvalue weighted by Gasteiger charge is -2.09. The van der Waals surface area contributed by atoms with Gasteiger partial charge in [-0.15, -0.1) is 10.2 Å². The average molecular weight is 398 g/mol. The third kappa shape index (κ3) is 4.52. The summed E-state index contributed by atoms with van der Waals surface area (Å²) in [5, 5.41) is 22.7. The fraction of sp³-hybridized carbons (Fsp3) is 0.222. The number of nitrogens with one attached hydrogen (secondary N) is 1. The lowest BCUT2D eigenvalue weighted by molar-refractivity contribution is -0.383. The van der Waals surface area contributed by atoms with Gasteiger partial charge in [0.15, 0.2) is 11.0 Å². The van der Waals surface area contributed by atoms with Crippen molar-refractivity contribution in [2.24, 2.45) is 0 Å². The molecule has 0 radical (unpaired) electrons. The quantitative estimate of drug-likeness (QED) is 0.351. The van der Waals surface area contributed by atoms with Crippen LogP contribution in [0, 0.1) is 10.1 Å². The van der Waals surface area contributed by atoms with E-state index in [1.165, 1.54) is 23.9 Å². The van der Waals surface area contributed by atoms with Gasteiger partial charge in [0.25, 0.3) is 5.69 Å². The molecule has 0 aliphatic rings. The van der Waals surface area contributed by atoms with Crippen molar-refractivity contribution < 1.29 is 9.72 Å². The van der Waals surface area contributed by atoms with Gasteiger partial charge < -0.3 is 9.88 Å². The van der Waals surface area contributed by atoms with Crippen LogP contribution in [0.5, 0.6) is 0 Å². The number of amides is 1. The minimum absolute atomic E-state index is 0.0598. The molecule has 0 aliphatic carbocycles. The van der Waals surface area contributed by atoms with E-state index in [4.69, 9.17) is 0 Å². The Labute approximate surface area is 165 Å². The summed E-state index contributed by atoms with van der Waals surface area (Å²) in [5.74, 6) is 0.422. The van der Waals surface area contributed by atoms with Gasteiger partial charge in [-0.05, 0) is 24.6 Å². The lowest BCUT2D eigenvalue weighted by atomic mass is 10.2. The van der Waals surface area contributed by atoms with Gasteiger partial charge in [0.1, 0.15) is 5.69 Å². The van der Waals surface area contributed by atoms with Crippen LogP contribution in [0.3, 0.4) is 0 Å². The zero-order valence-electron chi connectivity index (χ0n) is 15.1. The van der Waals surface area contributed by atoms with Gasteiger partial charge in [0, 0.05) is 30.6 Å². The second kappa shape index (κ2) is 9.09. The normalized spacial score (nSPS) is 10.6. The topological polar surface area (TPSA) is 116 Å². The van der Waals surface area contributed by atoms with Crippen LogP contribution in [0.2, 0.25) is 0 Å². The van der Waals surface area contributed by atoms with Gasteiger partial charge in [-0.1, -0.05) is 30.8 Å². The Morgan fingerprint density at radius 2 is 1.96 bits per heavy atom. The first-order valence-electron chi connectivity index (χ1n) is 8.59. The summed E-state index contributed by atoms with van der Waals surface area (Å²) < 4.78 is 1.96. The first-order chi connectivity index (χ1) is 13.6. The Morgan fingerprint density at radius 1 is 1.21 bits per heavy atom. The number of nitro benzene ring substituents is 1. The highest BCUT2D eigenvalue weighted by Crippen LogP contribution is 2.26. The Morgan fingerprint density at radius 3 is 2.68 bits per heavy atom. The van der Waals surface area contributed by atoms with Crippen molar-refractivity contribution >= 4 is 29.0 Å². The molecular weight excluding hydrogens is 380 g/mol. The van der Waals surface area contributed by atoms with Gasteiger partial charge in [-0.25, -0.2) is 0 Å². The van der Waals surface area contributed by atoms with Gasteiger partial charge in [0.2, 0.25) is 5.91 Å². The predicted molar refractivity (Wildman–Crippen MR) is 106 cm³/mol. The third-order valence-electron chi connectivity index (χ3n) is 3.81. The summed E-state index contributed by atoms with van der Waals surface area (Å²) in [7, 11) is 0. The number of pyridine rings is 1. The Balaban J connectivity index is 1.72. The second-order valence-electron chi connectivity index (χ2n) is 5.80. The summed E-state index contributed by atoms with van der Waals surface area (Å²) in [6, 6.07) is 9.74. The zero-order chi connectivity index (χ0) is 19.9. The number of thioether (sulfide) groups is 1. The zero-order valence-corrected chi connectivity index (χ0v) is 15.9. The molecule has 0 saturated carbocycles. The van der Waals surface area contributed by atoms with Crippen LogP contribution >= 0.6 is 11.8 Å². The van der Waals surface area contributed by atoms with Crippen molar-refractivity contribution in [1.29, 1.82) is 0 Å². The number of aromatic nitrogens is 4. The van der Waals surface area contributed by atoms with Crippen molar-refractivity contribution in [3.8, 4) is 11.4 Å². The van der Waals surface area contributed by atoms with E-state index in [9.17, 15) is 14.9 Å². The molecule has 9 nitrogen and oxygen atoms in total. The summed E-state index contributed by atoms with van der Waals surface area (Å²) in [6.07, 6.45) is 4.26. The van der Waals surface area contributed by atoms with Crippen LogP contribution in [0.1, 0.15) is 13.3 Å². The molecule has 0 unspecified atom stereocenters. The summed E-state index contributed by atoms with van der Waals surface area (Å²) >= 11 is 1.24. The molecular formula is C18H18N6O3S. The number of hydrogen-bond acceptors (Lipinski definition) is 7. The van der Waals surface area contributed by atoms with Crippen molar-refractivity contribution in [2.45, 2.75) is 25.0 Å². The van der Waals surface area contributed by atoms with E-state index in [0.717, 1.165) is 12.0 Å². The van der Waals surface area contributed by atoms with Crippen LogP contribution in [-0.2, 0) is 11.3 Å². The first kappa shape index (κ1) is 19.5. The van der Waals surface area contributed by atoms with Crippen LogP contribution < -0.4 is 5.32 Å². The maximum Gasteiger partial charge on any atom is 0.292 e. The molecule has 0 bridgehead atoms. The number of benzene rings is 1. The fourth-order valence-electron chi connectivity index (χ4n) is 2.59. The van der Waals surface area contributed by atoms with Crippen molar-refractivity contribution in [1.82, 2.24) is 19.7 Å². The number of para-hydroxylation sites is 2. The molecule has 0 atom stereocenters. The van der Waals surface area contributed by atoms with Gasteiger partial charge in [-0.3, -0.25) is 19.9 Å². The molecule has 2 heterocycles. The molecule has 0 fully saturated rings. The molecule has 3 aromatic rings. The average Bonchev–Trinajstić information content (AvgIpc) is 3.10. The van der Waals surface area contributed by atoms with E-state index < -0.39 is 4.92 Å². The van der Waals surface area contributed by atoms with E-state index >= 15 is 0 Å². The number of anilines is 1. The van der Waals surface area contributed by atoms with Gasteiger partial charge in [-0.2, -0.15) is 0 Å². The maximum atomic E-state index is 12.3. The summed E-state index contributed by atoms with van der Waals surface area (Å²) in [5.41, 5.74) is 0.924. The van der Waals surface area contributed by atoms with E-state index in [1.807, 2.05) is 23.6 Å². The molecule has 0 spiro atoms. The third-order valence-corrected chi connectivity index (χ3v) is 4.78. The predicted octanol–water partition coefficient (Wildman–Crippen LogP) is 3.39. The smallest absolute Gasteiger partial charge is 0.292 e. The van der Waals surface area contributed by atoms with E-state index in [-0.39, 0.29) is 23.0 Å². The van der Waals surface area contributed by atoms with Crippen LogP contribution in [0.4, 0.5) is 11.4 Å². The number of carbonyl (C=O) groups is 1. The minimum atomic E-state index is -0.526. The highest BCUT2D eigenvalue weighted by Gasteiger charge is 2.17. The molecule has 144 valence electrons. The molecule has 3 rings (SSSR count). The number of hydrogen-bond donors (Lipinski definition) is 1. The van der Waals surface area contributed by atoms with Crippen LogP contribution in [0.25, 0.3) is 11.4 Å². The second-order valence-corrected chi connectivity index (χ2v) is 6.75.